The van der Waals surface area contributed by atoms with Crippen LogP contribution < -0.4 is 5.32 Å². The summed E-state index contributed by atoms with van der Waals surface area (Å²) in [5, 5.41) is 2.99. The van der Waals surface area contributed by atoms with E-state index < -0.39 is 6.55 Å². The van der Waals surface area contributed by atoms with Crippen molar-refractivity contribution in [3.63, 3.8) is 0 Å². The Bertz CT molecular complexity index is 233. The predicted molar refractivity (Wildman–Crippen MR) is 43.1 cm³/mol. The first-order valence-corrected chi connectivity index (χ1v) is 3.90. The molecule has 0 aliphatic rings. The van der Waals surface area contributed by atoms with Gasteiger partial charge in [-0.05, 0) is 18.7 Å². The average Bonchev–Trinajstić information content (AvgIpc) is 2.48. The zero-order chi connectivity index (χ0) is 8.97. The maximum atomic E-state index is 12.2. The van der Waals surface area contributed by atoms with Crippen molar-refractivity contribution in [3.8, 4) is 0 Å². The number of alkyl halides is 2. The number of rotatable bonds is 4. The summed E-state index contributed by atoms with van der Waals surface area (Å²) in [6.45, 7) is 0.784. The van der Waals surface area contributed by atoms with Crippen LogP contribution in [0.2, 0.25) is 0 Å². The summed E-state index contributed by atoms with van der Waals surface area (Å²) in [4.78, 5) is 0. The quantitative estimate of drug-likeness (QED) is 0.738. The minimum absolute atomic E-state index is 0.494. The molecular formula is C8H12F2N2. The maximum Gasteiger partial charge on any atom is 0.318 e. The summed E-state index contributed by atoms with van der Waals surface area (Å²) in [5.74, 6) is 0. The second kappa shape index (κ2) is 4.21. The Labute approximate surface area is 70.2 Å². The van der Waals surface area contributed by atoms with Crippen LogP contribution in [0.3, 0.4) is 0 Å². The van der Waals surface area contributed by atoms with Crippen molar-refractivity contribution in [2.24, 2.45) is 0 Å². The molecule has 0 radical (unpaired) electrons. The van der Waals surface area contributed by atoms with Crippen LogP contribution >= 0.6 is 0 Å². The molecule has 1 aromatic rings. The Balaban J connectivity index is 2.64. The Morgan fingerprint density at radius 1 is 1.58 bits per heavy atom. The monoisotopic (exact) mass is 174 g/mol. The zero-order valence-electron chi connectivity index (χ0n) is 6.93. The molecule has 4 heteroatoms. The van der Waals surface area contributed by atoms with E-state index in [-0.39, 0.29) is 0 Å². The molecule has 0 aromatic carbocycles. The minimum atomic E-state index is -2.44. The molecule has 0 amide bonds. The Morgan fingerprint density at radius 3 is 2.92 bits per heavy atom. The minimum Gasteiger partial charge on any atom is -0.312 e. The van der Waals surface area contributed by atoms with Crippen LogP contribution in [0.4, 0.5) is 8.78 Å². The number of hydrogen-bond donors (Lipinski definition) is 1. The van der Waals surface area contributed by atoms with Gasteiger partial charge in [0, 0.05) is 18.4 Å². The van der Waals surface area contributed by atoms with Gasteiger partial charge in [0.25, 0.3) is 0 Å². The van der Waals surface area contributed by atoms with Crippen molar-refractivity contribution in [3.05, 3.63) is 24.0 Å². The van der Waals surface area contributed by atoms with Gasteiger partial charge >= 0.3 is 6.55 Å². The average molecular weight is 174 g/mol. The van der Waals surface area contributed by atoms with Crippen LogP contribution in [-0.2, 0) is 6.54 Å². The van der Waals surface area contributed by atoms with E-state index in [0.717, 1.165) is 11.1 Å². The Hall–Kier alpha value is -0.900. The summed E-state index contributed by atoms with van der Waals surface area (Å²) in [6.07, 6.45) is 1.39. The van der Waals surface area contributed by atoms with E-state index in [4.69, 9.17) is 0 Å². The van der Waals surface area contributed by atoms with Gasteiger partial charge in [-0.15, -0.1) is 0 Å². The first-order valence-electron chi connectivity index (χ1n) is 3.90. The van der Waals surface area contributed by atoms with E-state index in [1.54, 1.807) is 12.1 Å². The number of hydrogen-bond acceptors (Lipinski definition) is 1. The SMILES string of the molecule is CCNCc1cccn1C(F)F. The molecule has 0 aliphatic carbocycles. The number of halogens is 2. The van der Waals surface area contributed by atoms with Crippen LogP contribution in [-0.4, -0.2) is 11.1 Å². The summed E-state index contributed by atoms with van der Waals surface area (Å²) in [5.41, 5.74) is 0.617. The second-order valence-corrected chi connectivity index (χ2v) is 2.46. The Morgan fingerprint density at radius 2 is 2.33 bits per heavy atom. The summed E-state index contributed by atoms with van der Waals surface area (Å²) >= 11 is 0. The van der Waals surface area contributed by atoms with E-state index in [9.17, 15) is 8.78 Å². The first-order chi connectivity index (χ1) is 5.75. The molecule has 0 saturated heterocycles. The van der Waals surface area contributed by atoms with Gasteiger partial charge < -0.3 is 5.32 Å². The fourth-order valence-corrected chi connectivity index (χ4v) is 1.02. The lowest BCUT2D eigenvalue weighted by Crippen LogP contribution is -2.15. The van der Waals surface area contributed by atoms with E-state index in [0.29, 0.717) is 12.2 Å². The first kappa shape index (κ1) is 9.19. The number of aromatic nitrogens is 1. The molecule has 0 unspecified atom stereocenters. The molecule has 1 heterocycles. The highest BCUT2D eigenvalue weighted by atomic mass is 19.3. The van der Waals surface area contributed by atoms with E-state index >= 15 is 0 Å². The van der Waals surface area contributed by atoms with Gasteiger partial charge in [-0.25, -0.2) is 0 Å². The standard InChI is InChI=1S/C8H12F2N2/c1-2-11-6-7-4-3-5-12(7)8(9)10/h3-5,8,11H,2,6H2,1H3. The summed E-state index contributed by atoms with van der Waals surface area (Å²) in [6, 6.07) is 3.31. The van der Waals surface area contributed by atoms with Gasteiger partial charge in [0.2, 0.25) is 0 Å². The molecule has 1 rings (SSSR count). The van der Waals surface area contributed by atoms with E-state index in [1.807, 2.05) is 6.92 Å². The molecule has 2 nitrogen and oxygen atoms in total. The normalized spacial score (nSPS) is 11.0. The van der Waals surface area contributed by atoms with Crippen LogP contribution in [0.15, 0.2) is 18.3 Å². The summed E-state index contributed by atoms with van der Waals surface area (Å²) < 4.78 is 25.4. The second-order valence-electron chi connectivity index (χ2n) is 2.46. The van der Waals surface area contributed by atoms with Gasteiger partial charge in [0.1, 0.15) is 0 Å². The van der Waals surface area contributed by atoms with Crippen LogP contribution in [0.5, 0.6) is 0 Å². The third-order valence-electron chi connectivity index (χ3n) is 1.63. The molecule has 1 aromatic heterocycles. The lowest BCUT2D eigenvalue weighted by atomic mass is 10.4. The highest BCUT2D eigenvalue weighted by Crippen LogP contribution is 2.13. The maximum absolute atomic E-state index is 12.2. The predicted octanol–water partition coefficient (Wildman–Crippen LogP) is 1.99. The molecule has 1 N–H and O–H groups in total. The smallest absolute Gasteiger partial charge is 0.312 e. The lowest BCUT2D eigenvalue weighted by molar-refractivity contribution is 0.0674. The van der Waals surface area contributed by atoms with Gasteiger partial charge in [-0.1, -0.05) is 6.92 Å². The van der Waals surface area contributed by atoms with Crippen molar-refractivity contribution < 1.29 is 8.78 Å². The van der Waals surface area contributed by atoms with Crippen molar-refractivity contribution in [1.29, 1.82) is 0 Å². The number of nitrogens with zero attached hydrogens (tertiary/aromatic N) is 1. The molecule has 12 heavy (non-hydrogen) atoms. The summed E-state index contributed by atoms with van der Waals surface area (Å²) in [7, 11) is 0. The Kier molecular flexibility index (Phi) is 3.22. The van der Waals surface area contributed by atoms with E-state index in [2.05, 4.69) is 5.32 Å². The topological polar surface area (TPSA) is 17.0 Å². The van der Waals surface area contributed by atoms with Crippen LogP contribution in [0.25, 0.3) is 0 Å². The molecule has 0 spiro atoms. The van der Waals surface area contributed by atoms with E-state index in [1.165, 1.54) is 6.20 Å². The molecule has 0 atom stereocenters. The lowest BCUT2D eigenvalue weighted by Gasteiger charge is -2.07. The molecule has 0 saturated carbocycles. The molecule has 0 bridgehead atoms. The number of nitrogens with one attached hydrogen (secondary N) is 1. The largest absolute Gasteiger partial charge is 0.318 e. The van der Waals surface area contributed by atoms with Gasteiger partial charge in [-0.3, -0.25) is 4.57 Å². The van der Waals surface area contributed by atoms with Crippen molar-refractivity contribution in [2.45, 2.75) is 20.0 Å². The van der Waals surface area contributed by atoms with Crippen molar-refractivity contribution in [1.82, 2.24) is 9.88 Å². The zero-order valence-corrected chi connectivity index (χ0v) is 6.93. The van der Waals surface area contributed by atoms with Crippen LogP contribution in [0.1, 0.15) is 19.2 Å². The molecule has 0 aliphatic heterocycles. The van der Waals surface area contributed by atoms with Gasteiger partial charge in [0.15, 0.2) is 0 Å². The highest BCUT2D eigenvalue weighted by molar-refractivity contribution is 5.06. The highest BCUT2D eigenvalue weighted by Gasteiger charge is 2.08. The molecular weight excluding hydrogens is 162 g/mol. The van der Waals surface area contributed by atoms with Gasteiger partial charge in [-0.2, -0.15) is 8.78 Å². The van der Waals surface area contributed by atoms with Gasteiger partial charge in [0.05, 0.1) is 0 Å². The van der Waals surface area contributed by atoms with Crippen molar-refractivity contribution in [2.75, 3.05) is 6.54 Å². The third-order valence-corrected chi connectivity index (χ3v) is 1.63. The molecule has 0 fully saturated rings. The fourth-order valence-electron chi connectivity index (χ4n) is 1.02. The third kappa shape index (κ3) is 2.04. The van der Waals surface area contributed by atoms with Crippen molar-refractivity contribution >= 4 is 0 Å². The molecule has 68 valence electrons. The van der Waals surface area contributed by atoms with Crippen LogP contribution in [0, 0.1) is 0 Å². The fraction of sp³-hybridized carbons (Fsp3) is 0.500.